The lowest BCUT2D eigenvalue weighted by atomic mass is 10.1. The summed E-state index contributed by atoms with van der Waals surface area (Å²) < 4.78 is 37.1. The van der Waals surface area contributed by atoms with Crippen molar-refractivity contribution in [2.24, 2.45) is 0 Å². The number of rotatable bonds is 2. The Morgan fingerprint density at radius 2 is 1.67 bits per heavy atom. The van der Waals surface area contributed by atoms with Gasteiger partial charge in [-0.3, -0.25) is 4.39 Å². The molecule has 0 heterocycles. The SMILES string of the molecule is Nc1c(F)cc(CCF)cc1F. The average molecular weight is 175 g/mol. The van der Waals surface area contributed by atoms with Crippen LogP contribution in [-0.2, 0) is 6.42 Å². The number of nitrogen functional groups attached to an aromatic ring is 1. The van der Waals surface area contributed by atoms with Crippen LogP contribution in [0, 0.1) is 11.6 Å². The Balaban J connectivity index is 3.04. The van der Waals surface area contributed by atoms with E-state index in [2.05, 4.69) is 0 Å². The van der Waals surface area contributed by atoms with E-state index in [1.165, 1.54) is 0 Å². The van der Waals surface area contributed by atoms with Gasteiger partial charge in [0.05, 0.1) is 6.67 Å². The maximum absolute atomic E-state index is 12.7. The Bertz CT molecular complexity index is 263. The summed E-state index contributed by atoms with van der Waals surface area (Å²) in [5.74, 6) is -1.67. The second-order valence-corrected chi connectivity index (χ2v) is 2.41. The lowest BCUT2D eigenvalue weighted by Gasteiger charge is -2.01. The Morgan fingerprint density at radius 3 is 2.08 bits per heavy atom. The number of aryl methyl sites for hydroxylation is 1. The molecule has 1 aromatic rings. The van der Waals surface area contributed by atoms with Gasteiger partial charge in [0, 0.05) is 6.42 Å². The Labute approximate surface area is 68.0 Å². The van der Waals surface area contributed by atoms with Gasteiger partial charge in [-0.1, -0.05) is 0 Å². The van der Waals surface area contributed by atoms with Crippen LogP contribution >= 0.6 is 0 Å². The zero-order valence-corrected chi connectivity index (χ0v) is 6.28. The number of hydrogen-bond donors (Lipinski definition) is 1. The van der Waals surface area contributed by atoms with Crippen molar-refractivity contribution in [3.05, 3.63) is 29.3 Å². The summed E-state index contributed by atoms with van der Waals surface area (Å²) >= 11 is 0. The zero-order valence-electron chi connectivity index (χ0n) is 6.28. The van der Waals surface area contributed by atoms with E-state index in [1.807, 2.05) is 0 Å². The normalized spacial score (nSPS) is 10.2. The van der Waals surface area contributed by atoms with E-state index in [4.69, 9.17) is 5.73 Å². The molecule has 0 bridgehead atoms. The first-order valence-electron chi connectivity index (χ1n) is 3.44. The minimum Gasteiger partial charge on any atom is -0.394 e. The van der Waals surface area contributed by atoms with Crippen LogP contribution in [0.2, 0.25) is 0 Å². The molecule has 66 valence electrons. The van der Waals surface area contributed by atoms with Crippen molar-refractivity contribution in [1.82, 2.24) is 0 Å². The zero-order chi connectivity index (χ0) is 9.14. The van der Waals surface area contributed by atoms with Crippen molar-refractivity contribution >= 4 is 5.69 Å². The highest BCUT2D eigenvalue weighted by Crippen LogP contribution is 2.17. The second-order valence-electron chi connectivity index (χ2n) is 2.41. The van der Waals surface area contributed by atoms with Crippen LogP contribution in [-0.4, -0.2) is 6.67 Å². The molecule has 4 heteroatoms. The molecule has 0 radical (unpaired) electrons. The predicted molar refractivity (Wildman–Crippen MR) is 40.4 cm³/mol. The van der Waals surface area contributed by atoms with Crippen molar-refractivity contribution in [2.45, 2.75) is 6.42 Å². The summed E-state index contributed by atoms with van der Waals surface area (Å²) in [6, 6.07) is 2.08. The quantitative estimate of drug-likeness (QED) is 0.684. The highest BCUT2D eigenvalue weighted by Gasteiger charge is 2.06. The first-order valence-corrected chi connectivity index (χ1v) is 3.44. The second kappa shape index (κ2) is 3.47. The Hall–Kier alpha value is -1.19. The molecule has 0 aliphatic rings. The number of nitrogens with two attached hydrogens (primary N) is 1. The van der Waals surface area contributed by atoms with Crippen molar-refractivity contribution in [2.75, 3.05) is 12.4 Å². The monoisotopic (exact) mass is 175 g/mol. The summed E-state index contributed by atoms with van der Waals surface area (Å²) in [4.78, 5) is 0. The maximum Gasteiger partial charge on any atom is 0.149 e. The molecule has 12 heavy (non-hydrogen) atoms. The Morgan fingerprint density at radius 1 is 1.17 bits per heavy atom. The lowest BCUT2D eigenvalue weighted by molar-refractivity contribution is 0.492. The summed E-state index contributed by atoms with van der Waals surface area (Å²) in [5, 5.41) is 0. The predicted octanol–water partition coefficient (Wildman–Crippen LogP) is 2.06. The van der Waals surface area contributed by atoms with E-state index in [0.29, 0.717) is 0 Å². The molecule has 0 saturated heterocycles. The third-order valence-electron chi connectivity index (χ3n) is 1.52. The van der Waals surface area contributed by atoms with Crippen molar-refractivity contribution in [3.8, 4) is 0 Å². The van der Waals surface area contributed by atoms with Gasteiger partial charge in [-0.05, 0) is 17.7 Å². The van der Waals surface area contributed by atoms with Crippen LogP contribution in [0.5, 0.6) is 0 Å². The van der Waals surface area contributed by atoms with Crippen LogP contribution in [0.25, 0.3) is 0 Å². The van der Waals surface area contributed by atoms with Crippen LogP contribution < -0.4 is 5.73 Å². The molecule has 0 spiro atoms. The van der Waals surface area contributed by atoms with Gasteiger partial charge < -0.3 is 5.73 Å². The number of benzene rings is 1. The molecular weight excluding hydrogens is 167 g/mol. The first-order chi connectivity index (χ1) is 5.65. The molecule has 0 amide bonds. The third-order valence-corrected chi connectivity index (χ3v) is 1.52. The third kappa shape index (κ3) is 1.69. The minimum absolute atomic E-state index is 0.00806. The average Bonchev–Trinajstić information content (AvgIpc) is 2.01. The van der Waals surface area contributed by atoms with Crippen molar-refractivity contribution < 1.29 is 13.2 Å². The number of anilines is 1. The molecule has 1 nitrogen and oxygen atoms in total. The van der Waals surface area contributed by atoms with E-state index in [-0.39, 0.29) is 12.0 Å². The summed E-state index contributed by atoms with van der Waals surface area (Å²) in [6.45, 7) is -0.636. The van der Waals surface area contributed by atoms with Gasteiger partial charge in [-0.25, -0.2) is 8.78 Å². The van der Waals surface area contributed by atoms with Gasteiger partial charge in [0.15, 0.2) is 0 Å². The summed E-state index contributed by atoms with van der Waals surface area (Å²) in [5.41, 5.74) is 4.77. The lowest BCUT2D eigenvalue weighted by Crippen LogP contribution is -1.98. The van der Waals surface area contributed by atoms with Crippen LogP contribution in [0.4, 0.5) is 18.9 Å². The first kappa shape index (κ1) is 8.90. The van der Waals surface area contributed by atoms with Crippen LogP contribution in [0.3, 0.4) is 0 Å². The van der Waals surface area contributed by atoms with E-state index < -0.39 is 24.0 Å². The highest BCUT2D eigenvalue weighted by atomic mass is 19.1. The molecule has 1 rings (SSSR count). The molecule has 0 unspecified atom stereocenters. The van der Waals surface area contributed by atoms with Crippen molar-refractivity contribution in [1.29, 1.82) is 0 Å². The van der Waals surface area contributed by atoms with E-state index in [9.17, 15) is 13.2 Å². The fraction of sp³-hybridized carbons (Fsp3) is 0.250. The molecule has 0 aromatic heterocycles. The van der Waals surface area contributed by atoms with Gasteiger partial charge >= 0.3 is 0 Å². The number of alkyl halides is 1. The highest BCUT2D eigenvalue weighted by molar-refractivity contribution is 5.43. The van der Waals surface area contributed by atoms with Gasteiger partial charge in [-0.2, -0.15) is 0 Å². The standard InChI is InChI=1S/C8H8F3N/c9-2-1-5-3-6(10)8(12)7(11)4-5/h3-4H,1-2,12H2. The molecule has 2 N–H and O–H groups in total. The molecule has 0 aliphatic carbocycles. The maximum atomic E-state index is 12.7. The minimum atomic E-state index is -0.835. The number of hydrogen-bond acceptors (Lipinski definition) is 1. The molecular formula is C8H8F3N. The summed E-state index contributed by atoms with van der Waals surface area (Å²) in [7, 11) is 0. The Kier molecular flexibility index (Phi) is 2.58. The molecule has 0 aliphatic heterocycles. The van der Waals surface area contributed by atoms with E-state index in [0.717, 1.165) is 12.1 Å². The topological polar surface area (TPSA) is 26.0 Å². The van der Waals surface area contributed by atoms with E-state index in [1.54, 1.807) is 0 Å². The molecule has 1 aromatic carbocycles. The van der Waals surface area contributed by atoms with Crippen LogP contribution in [0.15, 0.2) is 12.1 Å². The van der Waals surface area contributed by atoms with Gasteiger partial charge in [0.2, 0.25) is 0 Å². The van der Waals surface area contributed by atoms with Gasteiger partial charge in [0.25, 0.3) is 0 Å². The molecule has 0 saturated carbocycles. The van der Waals surface area contributed by atoms with Gasteiger partial charge in [0.1, 0.15) is 17.3 Å². The fourth-order valence-corrected chi connectivity index (χ4v) is 0.890. The number of halogens is 3. The smallest absolute Gasteiger partial charge is 0.149 e. The van der Waals surface area contributed by atoms with E-state index >= 15 is 0 Å². The van der Waals surface area contributed by atoms with Crippen LogP contribution in [0.1, 0.15) is 5.56 Å². The molecule has 0 fully saturated rings. The largest absolute Gasteiger partial charge is 0.394 e. The fourth-order valence-electron chi connectivity index (χ4n) is 0.890. The van der Waals surface area contributed by atoms with Crippen molar-refractivity contribution in [3.63, 3.8) is 0 Å². The van der Waals surface area contributed by atoms with Gasteiger partial charge in [-0.15, -0.1) is 0 Å². The molecule has 0 atom stereocenters. The summed E-state index contributed by atoms with van der Waals surface area (Å²) in [6.07, 6.45) is 0.00806.